The Kier molecular flexibility index (Phi) is 5.20. The van der Waals surface area contributed by atoms with Gasteiger partial charge in [-0.15, -0.1) is 0 Å². The van der Waals surface area contributed by atoms with Crippen molar-refractivity contribution in [2.24, 2.45) is 5.92 Å². The van der Waals surface area contributed by atoms with Crippen molar-refractivity contribution in [1.29, 1.82) is 0 Å². The molecule has 0 spiro atoms. The lowest BCUT2D eigenvalue weighted by atomic mass is 9.96. The first-order chi connectivity index (χ1) is 9.60. The van der Waals surface area contributed by atoms with Gasteiger partial charge in [0.2, 0.25) is 0 Å². The largest absolute Gasteiger partial charge is 0.398 e. The highest BCUT2D eigenvalue weighted by molar-refractivity contribution is 5.33. The van der Waals surface area contributed by atoms with Gasteiger partial charge in [0.25, 0.3) is 5.56 Å². The third-order valence-electron chi connectivity index (χ3n) is 4.16. The fourth-order valence-electron chi connectivity index (χ4n) is 2.80. The second kappa shape index (κ2) is 6.90. The monoisotopic (exact) mass is 279 g/mol. The molecule has 1 saturated heterocycles. The summed E-state index contributed by atoms with van der Waals surface area (Å²) in [7, 11) is 1.79. The molecular formula is C15H25N3O2. The van der Waals surface area contributed by atoms with E-state index in [1.807, 2.05) is 0 Å². The molecule has 1 aliphatic rings. The third-order valence-corrected chi connectivity index (χ3v) is 4.16. The van der Waals surface area contributed by atoms with Gasteiger partial charge >= 0.3 is 0 Å². The summed E-state index contributed by atoms with van der Waals surface area (Å²) >= 11 is 0. The van der Waals surface area contributed by atoms with E-state index in [9.17, 15) is 4.79 Å². The number of piperidine rings is 1. The van der Waals surface area contributed by atoms with Crippen molar-refractivity contribution in [2.45, 2.75) is 32.4 Å². The maximum atomic E-state index is 11.7. The summed E-state index contributed by atoms with van der Waals surface area (Å²) in [4.78, 5) is 14.1. The highest BCUT2D eigenvalue weighted by Gasteiger charge is 2.25. The van der Waals surface area contributed by atoms with Gasteiger partial charge in [0.1, 0.15) is 0 Å². The van der Waals surface area contributed by atoms with Gasteiger partial charge in [0, 0.05) is 38.1 Å². The van der Waals surface area contributed by atoms with E-state index in [1.54, 1.807) is 23.9 Å². The fourth-order valence-corrected chi connectivity index (χ4v) is 2.80. The number of likely N-dealkylation sites (tertiary alicyclic amines) is 1. The van der Waals surface area contributed by atoms with E-state index in [-0.39, 0.29) is 5.56 Å². The van der Waals surface area contributed by atoms with E-state index >= 15 is 0 Å². The Morgan fingerprint density at radius 3 is 2.95 bits per heavy atom. The number of nitrogen functional groups attached to an aromatic ring is 1. The normalized spacial score (nSPS) is 23.9. The molecule has 20 heavy (non-hydrogen) atoms. The van der Waals surface area contributed by atoms with E-state index in [1.165, 1.54) is 12.5 Å². The number of methoxy groups -OCH3 is 1. The molecule has 1 aromatic rings. The number of nitrogens with two attached hydrogens (primary N) is 1. The van der Waals surface area contributed by atoms with Gasteiger partial charge in [0.05, 0.1) is 6.10 Å². The molecule has 5 nitrogen and oxygen atoms in total. The summed E-state index contributed by atoms with van der Waals surface area (Å²) in [6.45, 7) is 6.07. The molecular weight excluding hydrogens is 254 g/mol. The molecule has 2 rings (SSSR count). The molecule has 1 aliphatic heterocycles. The fraction of sp³-hybridized carbons (Fsp3) is 0.667. The molecule has 0 amide bonds. The zero-order valence-corrected chi connectivity index (χ0v) is 12.4. The number of ether oxygens (including phenoxy) is 1. The van der Waals surface area contributed by atoms with Crippen LogP contribution in [0.5, 0.6) is 0 Å². The Bertz CT molecular complexity index is 486. The first-order valence-corrected chi connectivity index (χ1v) is 7.31. The predicted octanol–water partition coefficient (Wildman–Crippen LogP) is 1.18. The maximum absolute atomic E-state index is 11.7. The first-order valence-electron chi connectivity index (χ1n) is 7.31. The van der Waals surface area contributed by atoms with Crippen LogP contribution in [0.15, 0.2) is 23.1 Å². The van der Waals surface area contributed by atoms with Crippen LogP contribution in [0.25, 0.3) is 0 Å². The minimum atomic E-state index is 0.0150. The Balaban J connectivity index is 1.81. The second-order valence-corrected chi connectivity index (χ2v) is 5.69. The number of nitrogens with zero attached hydrogens (tertiary/aromatic N) is 2. The van der Waals surface area contributed by atoms with E-state index in [2.05, 4.69) is 11.8 Å². The van der Waals surface area contributed by atoms with Gasteiger partial charge in [-0.25, -0.2) is 0 Å². The summed E-state index contributed by atoms with van der Waals surface area (Å²) in [5, 5.41) is 0. The SMILES string of the molecule is COC1CN(CCCn2cc(N)ccc2=O)CCC1C. The third kappa shape index (κ3) is 3.84. The predicted molar refractivity (Wildman–Crippen MR) is 80.7 cm³/mol. The van der Waals surface area contributed by atoms with Crippen molar-refractivity contribution in [1.82, 2.24) is 9.47 Å². The average molecular weight is 279 g/mol. The van der Waals surface area contributed by atoms with E-state index in [0.717, 1.165) is 26.1 Å². The zero-order chi connectivity index (χ0) is 14.5. The molecule has 2 N–H and O–H groups in total. The highest BCUT2D eigenvalue weighted by atomic mass is 16.5. The molecule has 0 radical (unpaired) electrons. The number of pyridine rings is 1. The molecule has 0 saturated carbocycles. The Morgan fingerprint density at radius 2 is 2.20 bits per heavy atom. The van der Waals surface area contributed by atoms with Gasteiger partial charge < -0.3 is 19.9 Å². The lowest BCUT2D eigenvalue weighted by Crippen LogP contribution is -2.44. The molecule has 1 aromatic heterocycles. The number of rotatable bonds is 5. The van der Waals surface area contributed by atoms with E-state index in [4.69, 9.17) is 10.5 Å². The molecule has 0 bridgehead atoms. The number of aromatic nitrogens is 1. The smallest absolute Gasteiger partial charge is 0.250 e. The number of hydrogen-bond donors (Lipinski definition) is 1. The molecule has 0 aliphatic carbocycles. The summed E-state index contributed by atoms with van der Waals surface area (Å²) in [6.07, 6.45) is 4.18. The van der Waals surface area contributed by atoms with Crippen LogP contribution in [0, 0.1) is 5.92 Å². The van der Waals surface area contributed by atoms with Crippen LogP contribution in [0.2, 0.25) is 0 Å². The van der Waals surface area contributed by atoms with Gasteiger partial charge in [0.15, 0.2) is 0 Å². The van der Waals surface area contributed by atoms with Crippen molar-refractivity contribution in [3.8, 4) is 0 Å². The highest BCUT2D eigenvalue weighted by Crippen LogP contribution is 2.19. The van der Waals surface area contributed by atoms with Gasteiger partial charge in [-0.2, -0.15) is 0 Å². The second-order valence-electron chi connectivity index (χ2n) is 5.69. The van der Waals surface area contributed by atoms with Crippen LogP contribution in [-0.2, 0) is 11.3 Å². The van der Waals surface area contributed by atoms with Crippen LogP contribution in [0.1, 0.15) is 19.8 Å². The van der Waals surface area contributed by atoms with Gasteiger partial charge in [-0.1, -0.05) is 6.92 Å². The molecule has 2 atom stereocenters. The molecule has 0 aromatic carbocycles. The number of aryl methyl sites for hydroxylation is 1. The number of anilines is 1. The minimum absolute atomic E-state index is 0.0150. The summed E-state index contributed by atoms with van der Waals surface area (Å²) < 4.78 is 7.21. The Hall–Kier alpha value is -1.33. The van der Waals surface area contributed by atoms with Crippen LogP contribution < -0.4 is 11.3 Å². The summed E-state index contributed by atoms with van der Waals surface area (Å²) in [6, 6.07) is 3.17. The van der Waals surface area contributed by atoms with Crippen molar-refractivity contribution < 1.29 is 4.74 Å². The van der Waals surface area contributed by atoms with Gasteiger partial charge in [-0.05, 0) is 37.9 Å². The van der Waals surface area contributed by atoms with Crippen molar-refractivity contribution in [3.63, 3.8) is 0 Å². The maximum Gasteiger partial charge on any atom is 0.250 e. The quantitative estimate of drug-likeness (QED) is 0.879. The Morgan fingerprint density at radius 1 is 1.40 bits per heavy atom. The number of hydrogen-bond acceptors (Lipinski definition) is 4. The van der Waals surface area contributed by atoms with Crippen LogP contribution in [-0.4, -0.2) is 42.3 Å². The van der Waals surface area contributed by atoms with E-state index < -0.39 is 0 Å². The molecule has 2 unspecified atom stereocenters. The van der Waals surface area contributed by atoms with Crippen molar-refractivity contribution in [2.75, 3.05) is 32.5 Å². The van der Waals surface area contributed by atoms with Crippen molar-refractivity contribution in [3.05, 3.63) is 28.7 Å². The lowest BCUT2D eigenvalue weighted by molar-refractivity contribution is -0.00538. The molecule has 112 valence electrons. The molecule has 2 heterocycles. The average Bonchev–Trinajstić information content (AvgIpc) is 2.44. The van der Waals surface area contributed by atoms with Gasteiger partial charge in [-0.3, -0.25) is 4.79 Å². The van der Waals surface area contributed by atoms with E-state index in [0.29, 0.717) is 24.3 Å². The minimum Gasteiger partial charge on any atom is -0.398 e. The molecule has 5 heteroatoms. The molecule has 1 fully saturated rings. The Labute approximate surface area is 120 Å². The lowest BCUT2D eigenvalue weighted by Gasteiger charge is -2.36. The van der Waals surface area contributed by atoms with Crippen molar-refractivity contribution >= 4 is 5.69 Å². The summed E-state index contributed by atoms with van der Waals surface area (Å²) in [5.74, 6) is 0.632. The zero-order valence-electron chi connectivity index (χ0n) is 12.4. The first kappa shape index (κ1) is 15.1. The van der Waals surface area contributed by atoms with Crippen LogP contribution in [0.4, 0.5) is 5.69 Å². The standard InChI is InChI=1S/C15H25N3O2/c1-12-6-9-17(11-14(12)20-2)7-3-8-18-10-13(16)4-5-15(18)19/h4-5,10,12,14H,3,6-9,11,16H2,1-2H3. The summed E-state index contributed by atoms with van der Waals surface area (Å²) in [5.41, 5.74) is 6.36. The van der Waals surface area contributed by atoms with Crippen LogP contribution in [0.3, 0.4) is 0 Å². The van der Waals surface area contributed by atoms with Crippen LogP contribution >= 0.6 is 0 Å². The topological polar surface area (TPSA) is 60.5 Å².